The highest BCUT2D eigenvalue weighted by Gasteiger charge is 2.35. The number of nitrogens with one attached hydrogen (secondary N) is 1. The Bertz CT molecular complexity index is 471. The van der Waals surface area contributed by atoms with Gasteiger partial charge in [0.1, 0.15) is 17.2 Å². The molecule has 0 amide bonds. The zero-order valence-corrected chi connectivity index (χ0v) is 12.3. The second kappa shape index (κ2) is 6.12. The van der Waals surface area contributed by atoms with Crippen LogP contribution in [-0.2, 0) is 0 Å². The van der Waals surface area contributed by atoms with Gasteiger partial charge in [0.2, 0.25) is 0 Å². The molecule has 1 aromatic carbocycles. The lowest BCUT2D eigenvalue weighted by molar-refractivity contribution is 0.121. The molecular weight excluding hydrogens is 268 g/mol. The van der Waals surface area contributed by atoms with Crippen LogP contribution < -0.4 is 5.32 Å². The van der Waals surface area contributed by atoms with Crippen LogP contribution in [0.15, 0.2) is 12.1 Å². The number of hydrogen-bond acceptors (Lipinski definition) is 5. The molecule has 1 atom stereocenters. The molecule has 0 radical (unpaired) electrons. The average molecular weight is 292 g/mol. The number of benzene rings is 1. The number of rotatable bonds is 3. The Morgan fingerprint density at radius 1 is 1.00 bits per heavy atom. The minimum absolute atomic E-state index is 0.00272. The first-order valence-electron chi connectivity index (χ1n) is 7.86. The highest BCUT2D eigenvalue weighted by atomic mass is 16.3. The summed E-state index contributed by atoms with van der Waals surface area (Å²) in [5.74, 6) is 0.370. The zero-order valence-electron chi connectivity index (χ0n) is 12.3. The number of phenolic OH excluding ortho intramolecular Hbond substituents is 3. The molecule has 5 nitrogen and oxygen atoms in total. The number of phenols is 3. The third-order valence-electron chi connectivity index (χ3n) is 4.81. The largest absolute Gasteiger partial charge is 0.508 e. The van der Waals surface area contributed by atoms with Gasteiger partial charge in [-0.3, -0.25) is 4.90 Å². The molecule has 21 heavy (non-hydrogen) atoms. The van der Waals surface area contributed by atoms with Crippen molar-refractivity contribution in [3.05, 3.63) is 17.7 Å². The van der Waals surface area contributed by atoms with E-state index in [9.17, 15) is 15.3 Å². The molecule has 3 rings (SSSR count). The minimum atomic E-state index is -0.0979. The van der Waals surface area contributed by atoms with Gasteiger partial charge < -0.3 is 20.6 Å². The predicted molar refractivity (Wildman–Crippen MR) is 80.6 cm³/mol. The van der Waals surface area contributed by atoms with Gasteiger partial charge in [-0.05, 0) is 18.8 Å². The molecule has 1 heterocycles. The summed E-state index contributed by atoms with van der Waals surface area (Å²) < 4.78 is 0. The van der Waals surface area contributed by atoms with Crippen LogP contribution in [0.2, 0.25) is 0 Å². The lowest BCUT2D eigenvalue weighted by atomic mass is 9.88. The summed E-state index contributed by atoms with van der Waals surface area (Å²) >= 11 is 0. The Morgan fingerprint density at radius 3 is 2.14 bits per heavy atom. The quantitative estimate of drug-likeness (QED) is 0.685. The van der Waals surface area contributed by atoms with Crippen LogP contribution in [0, 0.1) is 5.92 Å². The summed E-state index contributed by atoms with van der Waals surface area (Å²) in [5.41, 5.74) is 0.585. The molecule has 1 aromatic rings. The molecule has 4 N–H and O–H groups in total. The summed E-state index contributed by atoms with van der Waals surface area (Å²) in [4.78, 5) is 2.36. The number of piperazine rings is 1. The van der Waals surface area contributed by atoms with E-state index in [2.05, 4.69) is 10.2 Å². The number of hydrogen-bond donors (Lipinski definition) is 4. The molecule has 0 unspecified atom stereocenters. The molecule has 1 saturated carbocycles. The molecule has 0 aromatic heterocycles. The van der Waals surface area contributed by atoms with Crippen molar-refractivity contribution >= 4 is 0 Å². The van der Waals surface area contributed by atoms with E-state index in [1.807, 2.05) is 0 Å². The lowest BCUT2D eigenvalue weighted by Crippen LogP contribution is -2.46. The maximum absolute atomic E-state index is 10.3. The first-order chi connectivity index (χ1) is 10.2. The third kappa shape index (κ3) is 2.94. The van der Waals surface area contributed by atoms with Crippen molar-refractivity contribution < 1.29 is 15.3 Å². The molecule has 1 aliphatic heterocycles. The third-order valence-corrected chi connectivity index (χ3v) is 4.81. The smallest absolute Gasteiger partial charge is 0.127 e. The number of aromatic hydroxyl groups is 3. The van der Waals surface area contributed by atoms with Crippen LogP contribution in [0.25, 0.3) is 0 Å². The summed E-state index contributed by atoms with van der Waals surface area (Å²) in [6.45, 7) is 3.70. The first-order valence-corrected chi connectivity index (χ1v) is 7.86. The van der Waals surface area contributed by atoms with E-state index in [0.29, 0.717) is 11.5 Å². The van der Waals surface area contributed by atoms with Gasteiger partial charge in [-0.15, -0.1) is 0 Å². The minimum Gasteiger partial charge on any atom is -0.508 e. The van der Waals surface area contributed by atoms with Crippen molar-refractivity contribution in [2.45, 2.75) is 31.7 Å². The van der Waals surface area contributed by atoms with Crippen molar-refractivity contribution in [1.82, 2.24) is 10.2 Å². The van der Waals surface area contributed by atoms with Crippen LogP contribution >= 0.6 is 0 Å². The molecule has 1 saturated heterocycles. The van der Waals surface area contributed by atoms with E-state index in [1.54, 1.807) is 0 Å². The van der Waals surface area contributed by atoms with Gasteiger partial charge in [0.25, 0.3) is 0 Å². The zero-order chi connectivity index (χ0) is 14.8. The van der Waals surface area contributed by atoms with Gasteiger partial charge in [-0.2, -0.15) is 0 Å². The van der Waals surface area contributed by atoms with E-state index >= 15 is 0 Å². The molecule has 116 valence electrons. The van der Waals surface area contributed by atoms with Crippen molar-refractivity contribution in [1.29, 1.82) is 0 Å². The van der Waals surface area contributed by atoms with Crippen LogP contribution in [0.4, 0.5) is 0 Å². The Kier molecular flexibility index (Phi) is 4.22. The summed E-state index contributed by atoms with van der Waals surface area (Å²) in [6.07, 6.45) is 4.70. The fourth-order valence-corrected chi connectivity index (χ4v) is 3.86. The van der Waals surface area contributed by atoms with Gasteiger partial charge in [0.05, 0.1) is 5.56 Å². The lowest BCUT2D eigenvalue weighted by Gasteiger charge is -2.39. The van der Waals surface area contributed by atoms with E-state index < -0.39 is 0 Å². The van der Waals surface area contributed by atoms with Crippen LogP contribution in [0.1, 0.15) is 37.3 Å². The molecule has 2 aliphatic rings. The van der Waals surface area contributed by atoms with Crippen LogP contribution in [-0.4, -0.2) is 46.4 Å². The van der Waals surface area contributed by atoms with Crippen molar-refractivity contribution in [3.8, 4) is 17.2 Å². The Hall–Kier alpha value is -1.46. The molecular formula is C16H24N2O3. The number of nitrogens with zero attached hydrogens (tertiary/aromatic N) is 1. The summed E-state index contributed by atoms with van der Waals surface area (Å²) in [6, 6.07) is 2.70. The van der Waals surface area contributed by atoms with Crippen molar-refractivity contribution in [2.24, 2.45) is 5.92 Å². The molecule has 1 aliphatic carbocycles. The highest BCUT2D eigenvalue weighted by Crippen LogP contribution is 2.46. The van der Waals surface area contributed by atoms with Gasteiger partial charge in [-0.25, -0.2) is 0 Å². The normalized spacial score (nSPS) is 22.5. The van der Waals surface area contributed by atoms with Crippen LogP contribution in [0.3, 0.4) is 0 Å². The second-order valence-electron chi connectivity index (χ2n) is 6.17. The molecule has 0 spiro atoms. The van der Waals surface area contributed by atoms with E-state index in [0.717, 1.165) is 39.0 Å². The fourth-order valence-electron chi connectivity index (χ4n) is 3.86. The Morgan fingerprint density at radius 2 is 1.57 bits per heavy atom. The maximum atomic E-state index is 10.3. The van der Waals surface area contributed by atoms with Crippen LogP contribution in [0.5, 0.6) is 17.2 Å². The highest BCUT2D eigenvalue weighted by molar-refractivity contribution is 5.50. The van der Waals surface area contributed by atoms with Gasteiger partial charge in [0.15, 0.2) is 0 Å². The average Bonchev–Trinajstić information content (AvgIpc) is 2.97. The predicted octanol–water partition coefficient (Wildman–Crippen LogP) is 1.94. The SMILES string of the molecule is Oc1cc(O)c([C@@H](C2CCCC2)N2CCNCC2)c(O)c1. The molecule has 5 heteroatoms. The van der Waals surface area contributed by atoms with E-state index in [-0.39, 0.29) is 23.3 Å². The van der Waals surface area contributed by atoms with E-state index in [1.165, 1.54) is 25.0 Å². The fraction of sp³-hybridized carbons (Fsp3) is 0.625. The topological polar surface area (TPSA) is 76.0 Å². The standard InChI is InChI=1S/C16H24N2O3/c19-12-9-13(20)15(14(21)10-12)16(11-3-1-2-4-11)18-7-5-17-6-8-18/h9-11,16-17,19-21H,1-8H2/t16-/m1/s1. The molecule has 2 fully saturated rings. The second-order valence-corrected chi connectivity index (χ2v) is 6.17. The first kappa shape index (κ1) is 14.5. The van der Waals surface area contributed by atoms with Gasteiger partial charge >= 0.3 is 0 Å². The van der Waals surface area contributed by atoms with E-state index in [4.69, 9.17) is 0 Å². The summed E-state index contributed by atoms with van der Waals surface area (Å²) in [5, 5.41) is 33.4. The van der Waals surface area contributed by atoms with Gasteiger partial charge in [-0.1, -0.05) is 12.8 Å². The summed E-state index contributed by atoms with van der Waals surface area (Å²) in [7, 11) is 0. The molecule has 0 bridgehead atoms. The Balaban J connectivity index is 1.97. The Labute approximate surface area is 125 Å². The van der Waals surface area contributed by atoms with Gasteiger partial charge in [0, 0.05) is 44.4 Å². The van der Waals surface area contributed by atoms with Crippen molar-refractivity contribution in [2.75, 3.05) is 26.2 Å². The van der Waals surface area contributed by atoms with Crippen molar-refractivity contribution in [3.63, 3.8) is 0 Å². The monoisotopic (exact) mass is 292 g/mol. The maximum Gasteiger partial charge on any atom is 0.127 e.